The Balaban J connectivity index is 1.25. The average Bonchev–Trinajstić information content (AvgIpc) is 3.74. The van der Waals surface area contributed by atoms with E-state index in [9.17, 15) is 0 Å². The van der Waals surface area contributed by atoms with Gasteiger partial charge in [0.25, 0.3) is 0 Å². The Morgan fingerprint density at radius 1 is 0.373 bits per heavy atom. The molecule has 2 aromatic heterocycles. The summed E-state index contributed by atoms with van der Waals surface area (Å²) in [7, 11) is 0. The Bertz CT molecular complexity index is 2830. The molecule has 0 saturated heterocycles. The van der Waals surface area contributed by atoms with Crippen molar-refractivity contribution in [1.29, 1.82) is 0 Å². The third kappa shape index (κ3) is 4.85. The molecule has 0 atom stereocenters. The van der Waals surface area contributed by atoms with Gasteiger partial charge in [0.05, 0.1) is 28.1 Å². The molecule has 0 aliphatic heterocycles. The molecule has 0 saturated carbocycles. The lowest BCUT2D eigenvalue weighted by Gasteiger charge is -2.30. The first-order valence-electron chi connectivity index (χ1n) is 17.4. The molecule has 0 aliphatic rings. The summed E-state index contributed by atoms with van der Waals surface area (Å²) in [5.41, 5.74) is 11.6. The number of fused-ring (bicyclic) bond motifs is 6. The molecule has 0 N–H and O–H groups in total. The summed E-state index contributed by atoms with van der Waals surface area (Å²) in [4.78, 5) is 2.46. The number of para-hydroxylation sites is 5. The summed E-state index contributed by atoms with van der Waals surface area (Å²) < 4.78 is 5.02. The van der Waals surface area contributed by atoms with Gasteiger partial charge in [-0.15, -0.1) is 11.3 Å². The largest absolute Gasteiger partial charge is 0.309 e. The molecule has 2 heterocycles. The lowest BCUT2D eigenvalue weighted by atomic mass is 9.97. The van der Waals surface area contributed by atoms with Gasteiger partial charge >= 0.3 is 0 Å². The quantitative estimate of drug-likeness (QED) is 0.171. The molecule has 51 heavy (non-hydrogen) atoms. The van der Waals surface area contributed by atoms with Gasteiger partial charge in [0.2, 0.25) is 0 Å². The Labute approximate surface area is 300 Å². The smallest absolute Gasteiger partial charge is 0.0541 e. The third-order valence-corrected chi connectivity index (χ3v) is 11.1. The van der Waals surface area contributed by atoms with Crippen molar-refractivity contribution in [2.45, 2.75) is 0 Å². The van der Waals surface area contributed by atoms with Crippen LogP contribution < -0.4 is 4.90 Å². The summed E-state index contributed by atoms with van der Waals surface area (Å²) in [5.74, 6) is 0. The van der Waals surface area contributed by atoms with E-state index in [4.69, 9.17) is 0 Å². The molecule has 2 nitrogen and oxygen atoms in total. The number of thiophene rings is 1. The standard InChI is InChI=1S/C48H32N2S/c1-2-16-33(17-3-1)35-18-4-10-24-42(35)49(34-30-31-41-40-23-9-15-29-47(40)51-48(41)32-34)43-25-11-5-19-36(43)37-20-6-12-26-44(37)50-45-27-13-7-21-38(45)39-22-8-14-28-46(39)50/h1-32H. The fourth-order valence-corrected chi connectivity index (χ4v) is 8.91. The van der Waals surface area contributed by atoms with Crippen LogP contribution in [-0.4, -0.2) is 4.57 Å². The third-order valence-electron chi connectivity index (χ3n) is 10.0. The van der Waals surface area contributed by atoms with Crippen molar-refractivity contribution in [3.05, 3.63) is 194 Å². The molecule has 0 radical (unpaired) electrons. The van der Waals surface area contributed by atoms with Crippen molar-refractivity contribution < 1.29 is 0 Å². The number of nitrogens with zero attached hydrogens (tertiary/aromatic N) is 2. The maximum atomic E-state index is 2.46. The predicted molar refractivity (Wildman–Crippen MR) is 219 cm³/mol. The number of benzene rings is 8. The van der Waals surface area contributed by atoms with Gasteiger partial charge in [-0.2, -0.15) is 0 Å². The van der Waals surface area contributed by atoms with Crippen molar-refractivity contribution in [2.24, 2.45) is 0 Å². The fourth-order valence-electron chi connectivity index (χ4n) is 7.77. The summed E-state index contributed by atoms with van der Waals surface area (Å²) in [6, 6.07) is 70.4. The summed E-state index contributed by atoms with van der Waals surface area (Å²) >= 11 is 1.86. The predicted octanol–water partition coefficient (Wildman–Crippen LogP) is 14.0. The van der Waals surface area contributed by atoms with E-state index < -0.39 is 0 Å². The van der Waals surface area contributed by atoms with E-state index >= 15 is 0 Å². The zero-order valence-electron chi connectivity index (χ0n) is 27.8. The average molecular weight is 669 g/mol. The number of aromatic nitrogens is 1. The van der Waals surface area contributed by atoms with E-state index in [0.717, 1.165) is 28.3 Å². The van der Waals surface area contributed by atoms with Crippen molar-refractivity contribution in [1.82, 2.24) is 4.57 Å². The van der Waals surface area contributed by atoms with E-state index in [1.54, 1.807) is 0 Å². The van der Waals surface area contributed by atoms with Crippen molar-refractivity contribution in [3.63, 3.8) is 0 Å². The van der Waals surface area contributed by atoms with Crippen molar-refractivity contribution in [2.75, 3.05) is 4.90 Å². The highest BCUT2D eigenvalue weighted by atomic mass is 32.1. The minimum atomic E-state index is 1.12. The minimum Gasteiger partial charge on any atom is -0.309 e. The van der Waals surface area contributed by atoms with Crippen LogP contribution in [0.15, 0.2) is 194 Å². The highest BCUT2D eigenvalue weighted by molar-refractivity contribution is 7.25. The fraction of sp³-hybridized carbons (Fsp3) is 0. The molecule has 8 aromatic carbocycles. The Morgan fingerprint density at radius 3 is 1.65 bits per heavy atom. The summed E-state index contributed by atoms with van der Waals surface area (Å²) in [6.45, 7) is 0. The van der Waals surface area contributed by atoms with Crippen LogP contribution in [0.1, 0.15) is 0 Å². The maximum Gasteiger partial charge on any atom is 0.0541 e. The molecule has 240 valence electrons. The molecule has 3 heteroatoms. The van der Waals surface area contributed by atoms with Crippen LogP contribution in [0.4, 0.5) is 17.1 Å². The minimum absolute atomic E-state index is 1.12. The number of anilines is 3. The number of hydrogen-bond donors (Lipinski definition) is 0. The van der Waals surface area contributed by atoms with E-state index in [1.807, 2.05) is 11.3 Å². The van der Waals surface area contributed by atoms with Crippen molar-refractivity contribution >= 4 is 70.4 Å². The number of hydrogen-bond acceptors (Lipinski definition) is 2. The van der Waals surface area contributed by atoms with Crippen LogP contribution in [0, 0.1) is 0 Å². The van der Waals surface area contributed by atoms with Gasteiger partial charge in [0.15, 0.2) is 0 Å². The highest BCUT2D eigenvalue weighted by Crippen LogP contribution is 2.47. The molecule has 10 rings (SSSR count). The van der Waals surface area contributed by atoms with Crippen LogP contribution in [0.2, 0.25) is 0 Å². The topological polar surface area (TPSA) is 8.17 Å². The SMILES string of the molecule is c1ccc(-c2ccccc2N(c2ccc3c(c2)sc2ccccc23)c2ccccc2-c2ccccc2-n2c3ccccc3c3ccccc32)cc1. The van der Waals surface area contributed by atoms with E-state index in [0.29, 0.717) is 0 Å². The van der Waals surface area contributed by atoms with Gasteiger partial charge in [0.1, 0.15) is 0 Å². The second kappa shape index (κ2) is 12.2. The van der Waals surface area contributed by atoms with Crippen LogP contribution in [0.25, 0.3) is 69.9 Å². The second-order valence-electron chi connectivity index (χ2n) is 12.9. The van der Waals surface area contributed by atoms with Gasteiger partial charge in [0, 0.05) is 53.3 Å². The Kier molecular flexibility index (Phi) is 7.04. The molecule has 0 aliphatic carbocycles. The van der Waals surface area contributed by atoms with E-state index in [-0.39, 0.29) is 0 Å². The van der Waals surface area contributed by atoms with Gasteiger partial charge in [-0.25, -0.2) is 0 Å². The summed E-state index contributed by atoms with van der Waals surface area (Å²) in [5, 5.41) is 5.11. The number of rotatable bonds is 6. The second-order valence-corrected chi connectivity index (χ2v) is 14.0. The van der Waals surface area contributed by atoms with Crippen LogP contribution in [0.3, 0.4) is 0 Å². The molecule has 0 fully saturated rings. The Morgan fingerprint density at radius 2 is 0.902 bits per heavy atom. The molecule has 0 spiro atoms. The van der Waals surface area contributed by atoms with Crippen LogP contribution in [0.5, 0.6) is 0 Å². The van der Waals surface area contributed by atoms with Gasteiger partial charge in [-0.3, -0.25) is 0 Å². The monoisotopic (exact) mass is 668 g/mol. The molecular formula is C48H32N2S. The zero-order chi connectivity index (χ0) is 33.7. The summed E-state index contributed by atoms with van der Waals surface area (Å²) in [6.07, 6.45) is 0. The molecule has 10 aromatic rings. The maximum absolute atomic E-state index is 2.46. The lowest BCUT2D eigenvalue weighted by Crippen LogP contribution is -2.12. The lowest BCUT2D eigenvalue weighted by molar-refractivity contribution is 1.18. The van der Waals surface area contributed by atoms with Gasteiger partial charge in [-0.05, 0) is 54.1 Å². The van der Waals surface area contributed by atoms with E-state index in [2.05, 4.69) is 204 Å². The van der Waals surface area contributed by atoms with Gasteiger partial charge < -0.3 is 9.47 Å². The molecule has 0 amide bonds. The first-order valence-corrected chi connectivity index (χ1v) is 18.2. The first kappa shape index (κ1) is 29.5. The highest BCUT2D eigenvalue weighted by Gasteiger charge is 2.23. The van der Waals surface area contributed by atoms with Crippen molar-refractivity contribution in [3.8, 4) is 27.9 Å². The zero-order valence-corrected chi connectivity index (χ0v) is 28.6. The molecule has 0 unspecified atom stereocenters. The first-order chi connectivity index (χ1) is 25.3. The Hall–Kier alpha value is -6.42. The normalized spacial score (nSPS) is 11.5. The molecule has 0 bridgehead atoms. The molecular weight excluding hydrogens is 637 g/mol. The van der Waals surface area contributed by atoms with Gasteiger partial charge in [-0.1, -0.05) is 146 Å². The van der Waals surface area contributed by atoms with Crippen LogP contribution in [-0.2, 0) is 0 Å². The van der Waals surface area contributed by atoms with Crippen LogP contribution >= 0.6 is 11.3 Å². The van der Waals surface area contributed by atoms with E-state index in [1.165, 1.54) is 58.7 Å².